The van der Waals surface area contributed by atoms with E-state index < -0.39 is 23.2 Å². The van der Waals surface area contributed by atoms with Crippen molar-refractivity contribution in [3.63, 3.8) is 0 Å². The van der Waals surface area contributed by atoms with Crippen molar-refractivity contribution in [2.24, 2.45) is 7.05 Å². The maximum atomic E-state index is 12.9. The number of aromatic nitrogens is 6. The van der Waals surface area contributed by atoms with Gasteiger partial charge in [0.2, 0.25) is 11.7 Å². The molecular formula is C21H18F3N7O2. The monoisotopic (exact) mass is 457 g/mol. The summed E-state index contributed by atoms with van der Waals surface area (Å²) in [5.74, 6) is -0.648. The molecule has 0 radical (unpaired) electrons. The Morgan fingerprint density at radius 1 is 1.09 bits per heavy atom. The summed E-state index contributed by atoms with van der Waals surface area (Å²) in [6, 6.07) is 13.4. The molecule has 4 aromatic rings. The number of benzene rings is 2. The van der Waals surface area contributed by atoms with Crippen LogP contribution in [0.2, 0.25) is 0 Å². The minimum Gasteiger partial charge on any atom is -0.318 e. The molecule has 170 valence electrons. The molecule has 4 rings (SSSR count). The van der Waals surface area contributed by atoms with Gasteiger partial charge in [0.1, 0.15) is 12.2 Å². The number of rotatable bonds is 5. The van der Waals surface area contributed by atoms with Crippen molar-refractivity contribution in [2.75, 3.05) is 5.32 Å². The number of halogens is 3. The third-order valence-electron chi connectivity index (χ3n) is 5.00. The van der Waals surface area contributed by atoms with Gasteiger partial charge in [-0.3, -0.25) is 14.3 Å². The molecule has 0 atom stereocenters. The van der Waals surface area contributed by atoms with Crippen molar-refractivity contribution in [1.82, 2.24) is 29.6 Å². The average molecular weight is 457 g/mol. The molecule has 2 aromatic carbocycles. The fourth-order valence-corrected chi connectivity index (χ4v) is 3.28. The molecule has 1 amide bonds. The van der Waals surface area contributed by atoms with E-state index in [-0.39, 0.29) is 23.6 Å². The Balaban J connectivity index is 1.52. The smallest absolute Gasteiger partial charge is 0.318 e. The molecule has 0 fully saturated rings. The minimum absolute atomic E-state index is 0.0591. The van der Waals surface area contributed by atoms with E-state index in [1.807, 2.05) is 6.07 Å². The van der Waals surface area contributed by atoms with Crippen LogP contribution in [0.3, 0.4) is 0 Å². The van der Waals surface area contributed by atoms with Crippen molar-refractivity contribution in [2.45, 2.75) is 19.6 Å². The van der Waals surface area contributed by atoms with E-state index in [2.05, 4.69) is 20.7 Å². The van der Waals surface area contributed by atoms with Gasteiger partial charge in [0, 0.05) is 12.6 Å². The highest BCUT2D eigenvalue weighted by Crippen LogP contribution is 2.31. The highest BCUT2D eigenvalue weighted by Gasteiger charge is 2.30. The molecule has 2 aromatic heterocycles. The number of nitrogens with zero attached hydrogens (tertiary/aromatic N) is 6. The van der Waals surface area contributed by atoms with Gasteiger partial charge in [0.15, 0.2) is 0 Å². The average Bonchev–Trinajstić information content (AvgIpc) is 3.32. The number of alkyl halides is 3. The lowest BCUT2D eigenvalue weighted by atomic mass is 10.1. The molecule has 0 spiro atoms. The predicted molar refractivity (Wildman–Crippen MR) is 113 cm³/mol. The molecule has 0 saturated carbocycles. The lowest BCUT2D eigenvalue weighted by Gasteiger charge is -2.07. The van der Waals surface area contributed by atoms with Gasteiger partial charge >= 0.3 is 6.18 Å². The Labute approximate surface area is 185 Å². The largest absolute Gasteiger partial charge is 0.416 e. The fraction of sp³-hybridized carbons (Fsp3) is 0.190. The van der Waals surface area contributed by atoms with Crippen molar-refractivity contribution >= 4 is 11.6 Å². The highest BCUT2D eigenvalue weighted by atomic mass is 19.4. The number of carbonyl (C=O) groups excluding carboxylic acids is 1. The second-order valence-electron chi connectivity index (χ2n) is 7.21. The van der Waals surface area contributed by atoms with Crippen molar-refractivity contribution in [3.05, 3.63) is 76.2 Å². The zero-order valence-electron chi connectivity index (χ0n) is 17.5. The summed E-state index contributed by atoms with van der Waals surface area (Å²) < 4.78 is 41.8. The summed E-state index contributed by atoms with van der Waals surface area (Å²) in [5.41, 5.74) is 0.130. The number of tetrazole rings is 1. The molecule has 12 heteroatoms. The summed E-state index contributed by atoms with van der Waals surface area (Å²) >= 11 is 0. The van der Waals surface area contributed by atoms with Gasteiger partial charge in [-0.25, -0.2) is 4.68 Å². The first-order valence-corrected chi connectivity index (χ1v) is 9.74. The van der Waals surface area contributed by atoms with Gasteiger partial charge < -0.3 is 5.32 Å². The van der Waals surface area contributed by atoms with E-state index in [0.29, 0.717) is 11.4 Å². The molecule has 2 heterocycles. The first kappa shape index (κ1) is 22.0. The minimum atomic E-state index is -4.51. The van der Waals surface area contributed by atoms with Gasteiger partial charge in [-0.2, -0.15) is 18.0 Å². The summed E-state index contributed by atoms with van der Waals surface area (Å²) in [5, 5.41) is 14.0. The summed E-state index contributed by atoms with van der Waals surface area (Å²) in [7, 11) is 1.69. The van der Waals surface area contributed by atoms with Crippen LogP contribution in [-0.2, 0) is 24.6 Å². The van der Waals surface area contributed by atoms with Crippen LogP contribution < -0.4 is 10.9 Å². The highest BCUT2D eigenvalue weighted by molar-refractivity contribution is 5.90. The Bertz CT molecular complexity index is 1370. The van der Waals surface area contributed by atoms with Crippen LogP contribution in [0.15, 0.2) is 59.4 Å². The van der Waals surface area contributed by atoms with E-state index >= 15 is 0 Å². The van der Waals surface area contributed by atoms with Crippen LogP contribution in [-0.4, -0.2) is 35.5 Å². The van der Waals surface area contributed by atoms with E-state index in [0.717, 1.165) is 16.9 Å². The van der Waals surface area contributed by atoms with Gasteiger partial charge in [-0.05, 0) is 36.4 Å². The molecule has 0 aliphatic rings. The van der Waals surface area contributed by atoms with Crippen LogP contribution in [0.4, 0.5) is 18.9 Å². The number of nitrogens with one attached hydrogen (secondary N) is 1. The molecular weight excluding hydrogens is 439 g/mol. The van der Waals surface area contributed by atoms with E-state index in [1.165, 1.54) is 16.8 Å². The SMILES string of the molecule is Cc1c(NC(=O)Cn2nnc(-c3cccc(C(F)(F)F)c3)n2)c(=O)n(-c2ccccc2)n1C. The molecule has 0 bridgehead atoms. The van der Waals surface area contributed by atoms with Crippen LogP contribution in [0, 0.1) is 6.92 Å². The molecule has 9 nitrogen and oxygen atoms in total. The lowest BCUT2D eigenvalue weighted by Crippen LogP contribution is -2.25. The number of hydrogen-bond acceptors (Lipinski definition) is 5. The molecule has 0 aliphatic heterocycles. The van der Waals surface area contributed by atoms with E-state index in [4.69, 9.17) is 0 Å². The maximum Gasteiger partial charge on any atom is 0.416 e. The quantitative estimate of drug-likeness (QED) is 0.497. The second-order valence-corrected chi connectivity index (χ2v) is 7.21. The Morgan fingerprint density at radius 3 is 2.52 bits per heavy atom. The van der Waals surface area contributed by atoms with Crippen LogP contribution in [0.1, 0.15) is 11.3 Å². The zero-order valence-corrected chi connectivity index (χ0v) is 17.5. The molecule has 33 heavy (non-hydrogen) atoms. The molecule has 0 saturated heterocycles. The van der Waals surface area contributed by atoms with Gasteiger partial charge in [0.05, 0.1) is 16.9 Å². The van der Waals surface area contributed by atoms with E-state index in [1.54, 1.807) is 42.9 Å². The summed E-state index contributed by atoms with van der Waals surface area (Å²) in [4.78, 5) is 26.4. The number of amides is 1. The predicted octanol–water partition coefficient (Wildman–Crippen LogP) is 2.80. The van der Waals surface area contributed by atoms with Crippen LogP contribution >= 0.6 is 0 Å². The number of para-hydroxylation sites is 1. The second kappa shape index (κ2) is 8.37. The topological polar surface area (TPSA) is 99.6 Å². The number of hydrogen-bond donors (Lipinski definition) is 1. The fourth-order valence-electron chi connectivity index (χ4n) is 3.28. The first-order valence-electron chi connectivity index (χ1n) is 9.74. The Kier molecular flexibility index (Phi) is 5.58. The van der Waals surface area contributed by atoms with Gasteiger partial charge in [0.25, 0.3) is 5.56 Å². The number of anilines is 1. The van der Waals surface area contributed by atoms with Crippen molar-refractivity contribution < 1.29 is 18.0 Å². The maximum absolute atomic E-state index is 12.9. The summed E-state index contributed by atoms with van der Waals surface area (Å²) in [6.07, 6.45) is -4.51. The normalized spacial score (nSPS) is 11.5. The number of carbonyl (C=O) groups is 1. The van der Waals surface area contributed by atoms with E-state index in [9.17, 15) is 22.8 Å². The van der Waals surface area contributed by atoms with Gasteiger partial charge in [-0.15, -0.1) is 10.2 Å². The zero-order chi connectivity index (χ0) is 23.8. The van der Waals surface area contributed by atoms with Gasteiger partial charge in [-0.1, -0.05) is 30.3 Å². The van der Waals surface area contributed by atoms with Crippen molar-refractivity contribution in [3.8, 4) is 17.1 Å². The van der Waals surface area contributed by atoms with Crippen molar-refractivity contribution in [1.29, 1.82) is 0 Å². The third kappa shape index (κ3) is 4.40. The standard InChI is InChI=1S/C21H18F3N7O2/c1-13-18(20(33)31(29(13)2)16-9-4-3-5-10-16)25-17(32)12-30-27-19(26-28-30)14-7-6-8-15(11-14)21(22,23)24/h3-11H,12H2,1-2H3,(H,25,32). The molecule has 1 N–H and O–H groups in total. The summed E-state index contributed by atoms with van der Waals surface area (Å²) in [6.45, 7) is 1.31. The van der Waals surface area contributed by atoms with Crippen LogP contribution in [0.25, 0.3) is 17.1 Å². The Hall–Kier alpha value is -4.22. The molecule has 0 unspecified atom stereocenters. The lowest BCUT2D eigenvalue weighted by molar-refractivity contribution is -0.137. The van der Waals surface area contributed by atoms with Crippen LogP contribution in [0.5, 0.6) is 0 Å². The third-order valence-corrected chi connectivity index (χ3v) is 5.00. The molecule has 0 aliphatic carbocycles. The Morgan fingerprint density at radius 2 is 1.82 bits per heavy atom. The first-order chi connectivity index (χ1) is 15.6.